The molecule has 0 radical (unpaired) electrons. The first-order chi connectivity index (χ1) is 9.10. The Hall–Kier alpha value is -0.000000000000000111. The van der Waals surface area contributed by atoms with E-state index in [0.717, 1.165) is 23.5 Å². The van der Waals surface area contributed by atoms with Crippen LogP contribution in [0.3, 0.4) is 0 Å². The maximum atomic E-state index is 13.3. The van der Waals surface area contributed by atoms with Crippen LogP contribution in [0.25, 0.3) is 0 Å². The minimum absolute atomic E-state index is 0.0609. The highest BCUT2D eigenvalue weighted by molar-refractivity contribution is 9.10. The largest absolute Gasteiger partial charge is 0.298 e. The number of carbonyl (C=O) groups excluding carboxylic acids is 1. The van der Waals surface area contributed by atoms with Gasteiger partial charge in [0.15, 0.2) is 5.78 Å². The predicted octanol–water partition coefficient (Wildman–Crippen LogP) is 4.33. The molecule has 1 aliphatic heterocycles. The average molecular weight is 363 g/mol. The van der Waals surface area contributed by atoms with Gasteiger partial charge >= 0.3 is 0 Å². The second kappa shape index (κ2) is 7.14. The highest BCUT2D eigenvalue weighted by Crippen LogP contribution is 2.34. The summed E-state index contributed by atoms with van der Waals surface area (Å²) in [7, 11) is 0. The van der Waals surface area contributed by atoms with Gasteiger partial charge in [0.05, 0.1) is 5.25 Å². The van der Waals surface area contributed by atoms with Crippen molar-refractivity contribution in [1.82, 2.24) is 0 Å². The Morgan fingerprint density at radius 3 is 2.79 bits per heavy atom. The molecule has 1 aromatic carbocycles. The van der Waals surface area contributed by atoms with E-state index < -0.39 is 0 Å². The highest BCUT2D eigenvalue weighted by Gasteiger charge is 2.30. The van der Waals surface area contributed by atoms with Crippen LogP contribution in [0.4, 0.5) is 4.39 Å². The zero-order valence-corrected chi connectivity index (χ0v) is 13.9. The number of hydrogen-bond donors (Lipinski definition) is 0. The van der Waals surface area contributed by atoms with Crippen LogP contribution >= 0.6 is 39.5 Å². The monoisotopic (exact) mass is 362 g/mol. The number of ketones is 1. The van der Waals surface area contributed by atoms with Crippen LogP contribution < -0.4 is 0 Å². The molecule has 0 aliphatic carbocycles. The lowest BCUT2D eigenvalue weighted by atomic mass is 10.0. The van der Waals surface area contributed by atoms with Crippen molar-refractivity contribution in [2.45, 2.75) is 30.3 Å². The first-order valence-electron chi connectivity index (χ1n) is 6.31. The molecule has 1 heterocycles. The van der Waals surface area contributed by atoms with E-state index in [-0.39, 0.29) is 16.9 Å². The van der Waals surface area contributed by atoms with Gasteiger partial charge in [0.25, 0.3) is 0 Å². The number of rotatable bonds is 4. The summed E-state index contributed by atoms with van der Waals surface area (Å²) in [6.45, 7) is 2.13. The average Bonchev–Trinajstić information content (AvgIpc) is 2.37. The lowest BCUT2D eigenvalue weighted by Gasteiger charge is -2.28. The van der Waals surface area contributed by atoms with Gasteiger partial charge in [-0.05, 0) is 30.2 Å². The molecule has 0 aromatic heterocycles. The second-order valence-corrected chi connectivity index (χ2v) is 8.04. The molecule has 104 valence electrons. The Kier molecular flexibility index (Phi) is 5.78. The lowest BCUT2D eigenvalue weighted by Crippen LogP contribution is -2.33. The number of carbonyl (C=O) groups is 1. The predicted molar refractivity (Wildman–Crippen MR) is 85.6 cm³/mol. The van der Waals surface area contributed by atoms with E-state index in [1.807, 2.05) is 17.8 Å². The van der Waals surface area contributed by atoms with Crippen molar-refractivity contribution in [3.8, 4) is 0 Å². The van der Waals surface area contributed by atoms with Crippen LogP contribution in [-0.2, 0) is 11.2 Å². The Balaban J connectivity index is 2.07. The molecule has 0 N–H and O–H groups in total. The molecule has 2 unspecified atom stereocenters. The quantitative estimate of drug-likeness (QED) is 0.793. The molecule has 2 atom stereocenters. The lowest BCUT2D eigenvalue weighted by molar-refractivity contribution is -0.117. The van der Waals surface area contributed by atoms with Crippen LogP contribution in [0.15, 0.2) is 22.7 Å². The number of Topliss-reactive ketones (excluding diaryl/α,β-unsaturated/α-hetero) is 1. The number of benzene rings is 1. The van der Waals surface area contributed by atoms with E-state index in [1.54, 1.807) is 11.8 Å². The van der Waals surface area contributed by atoms with Crippen LogP contribution in [0, 0.1) is 5.82 Å². The first-order valence-corrected chi connectivity index (χ1v) is 9.20. The van der Waals surface area contributed by atoms with Gasteiger partial charge in [0.1, 0.15) is 5.82 Å². The normalized spacial score (nSPS) is 23.3. The molecule has 0 saturated carbocycles. The SMILES string of the molecule is CCC1SCCSC1C(=O)Cc1cc(F)cc(Br)c1. The molecule has 1 saturated heterocycles. The van der Waals surface area contributed by atoms with Gasteiger partial charge in [-0.25, -0.2) is 4.39 Å². The summed E-state index contributed by atoms with van der Waals surface area (Å²) in [5.41, 5.74) is 0.753. The first kappa shape index (κ1) is 15.4. The highest BCUT2D eigenvalue weighted by atomic mass is 79.9. The van der Waals surface area contributed by atoms with Crippen LogP contribution in [-0.4, -0.2) is 27.8 Å². The van der Waals surface area contributed by atoms with Gasteiger partial charge in [-0.1, -0.05) is 22.9 Å². The number of hydrogen-bond acceptors (Lipinski definition) is 3. The van der Waals surface area contributed by atoms with E-state index in [4.69, 9.17) is 0 Å². The summed E-state index contributed by atoms with van der Waals surface area (Å²) >= 11 is 6.91. The summed E-state index contributed by atoms with van der Waals surface area (Å²) in [5, 5.41) is 0.467. The topological polar surface area (TPSA) is 17.1 Å². The third kappa shape index (κ3) is 4.23. The smallest absolute Gasteiger partial charge is 0.151 e. The van der Waals surface area contributed by atoms with E-state index in [2.05, 4.69) is 22.9 Å². The molecule has 2 rings (SSSR count). The summed E-state index contributed by atoms with van der Waals surface area (Å²) in [6, 6.07) is 4.68. The summed E-state index contributed by atoms with van der Waals surface area (Å²) in [6.07, 6.45) is 1.34. The molecule has 1 fully saturated rings. The molecule has 1 aromatic rings. The van der Waals surface area contributed by atoms with Gasteiger partial charge in [0, 0.05) is 27.6 Å². The Morgan fingerprint density at radius 1 is 1.37 bits per heavy atom. The van der Waals surface area contributed by atoms with Crippen LogP contribution in [0.2, 0.25) is 0 Å². The standard InChI is InChI=1S/C14H16BrFOS2/c1-2-13-14(19-4-3-18-13)12(17)7-9-5-10(15)8-11(16)6-9/h5-6,8,13-14H,2-4,7H2,1H3. The van der Waals surface area contributed by atoms with Gasteiger partial charge in [-0.2, -0.15) is 11.8 Å². The van der Waals surface area contributed by atoms with Gasteiger partial charge < -0.3 is 0 Å². The fourth-order valence-electron chi connectivity index (χ4n) is 2.22. The van der Waals surface area contributed by atoms with Crippen molar-refractivity contribution in [2.24, 2.45) is 0 Å². The molecule has 19 heavy (non-hydrogen) atoms. The third-order valence-electron chi connectivity index (χ3n) is 3.07. The van der Waals surface area contributed by atoms with Crippen molar-refractivity contribution in [3.05, 3.63) is 34.1 Å². The minimum Gasteiger partial charge on any atom is -0.298 e. The third-order valence-corrected chi connectivity index (χ3v) is 6.82. The molecule has 0 bridgehead atoms. The summed E-state index contributed by atoms with van der Waals surface area (Å²) in [4.78, 5) is 12.4. The van der Waals surface area contributed by atoms with E-state index in [1.165, 1.54) is 12.1 Å². The zero-order chi connectivity index (χ0) is 13.8. The molecular formula is C14H16BrFOS2. The summed E-state index contributed by atoms with van der Waals surface area (Å²) in [5.74, 6) is 2.08. The van der Waals surface area contributed by atoms with E-state index >= 15 is 0 Å². The fraction of sp³-hybridized carbons (Fsp3) is 0.500. The zero-order valence-electron chi connectivity index (χ0n) is 10.7. The summed E-state index contributed by atoms with van der Waals surface area (Å²) < 4.78 is 14.0. The van der Waals surface area contributed by atoms with E-state index in [0.29, 0.717) is 16.1 Å². The number of halogens is 2. The Bertz CT molecular complexity index is 447. The van der Waals surface area contributed by atoms with Crippen LogP contribution in [0.5, 0.6) is 0 Å². The maximum absolute atomic E-state index is 13.3. The van der Waals surface area contributed by atoms with Crippen molar-refractivity contribution < 1.29 is 9.18 Å². The molecular weight excluding hydrogens is 347 g/mol. The van der Waals surface area contributed by atoms with Crippen molar-refractivity contribution in [1.29, 1.82) is 0 Å². The minimum atomic E-state index is -0.296. The molecule has 1 nitrogen and oxygen atoms in total. The van der Waals surface area contributed by atoms with Crippen LogP contribution in [0.1, 0.15) is 18.9 Å². The molecule has 0 amide bonds. The fourth-order valence-corrected chi connectivity index (χ4v) is 5.77. The second-order valence-electron chi connectivity index (χ2n) is 4.53. The van der Waals surface area contributed by atoms with Crippen molar-refractivity contribution >= 4 is 45.2 Å². The number of thioether (sulfide) groups is 2. The van der Waals surface area contributed by atoms with E-state index in [9.17, 15) is 9.18 Å². The van der Waals surface area contributed by atoms with Crippen molar-refractivity contribution in [2.75, 3.05) is 11.5 Å². The Morgan fingerprint density at radius 2 is 2.11 bits per heavy atom. The van der Waals surface area contributed by atoms with Gasteiger partial charge in [-0.15, -0.1) is 11.8 Å². The van der Waals surface area contributed by atoms with Gasteiger partial charge in [0.2, 0.25) is 0 Å². The Labute approximate surface area is 130 Å². The van der Waals surface area contributed by atoms with Crippen molar-refractivity contribution in [3.63, 3.8) is 0 Å². The molecule has 5 heteroatoms. The molecule has 0 spiro atoms. The maximum Gasteiger partial charge on any atom is 0.151 e. The van der Waals surface area contributed by atoms with Gasteiger partial charge in [-0.3, -0.25) is 4.79 Å². The molecule has 1 aliphatic rings.